The highest BCUT2D eigenvalue weighted by atomic mass is 16.5. The minimum absolute atomic E-state index is 0.105. The summed E-state index contributed by atoms with van der Waals surface area (Å²) in [5, 5.41) is 0. The molecule has 0 spiro atoms. The number of ether oxygens (including phenoxy) is 1. The van der Waals surface area contributed by atoms with Gasteiger partial charge in [-0.1, -0.05) is 19.1 Å². The maximum Gasteiger partial charge on any atom is 0.180 e. The molecular formula is C13H19NO2. The molecule has 0 aliphatic carbocycles. The van der Waals surface area contributed by atoms with E-state index in [4.69, 9.17) is 4.74 Å². The number of Topliss-reactive ketones (excluding diaryl/α,β-unsaturated/α-hetero) is 1. The van der Waals surface area contributed by atoms with E-state index >= 15 is 0 Å². The van der Waals surface area contributed by atoms with Gasteiger partial charge in [0.2, 0.25) is 0 Å². The van der Waals surface area contributed by atoms with Gasteiger partial charge in [-0.15, -0.1) is 0 Å². The van der Waals surface area contributed by atoms with Crippen molar-refractivity contribution in [1.29, 1.82) is 0 Å². The monoisotopic (exact) mass is 221 g/mol. The zero-order chi connectivity index (χ0) is 12.0. The van der Waals surface area contributed by atoms with E-state index in [0.29, 0.717) is 24.5 Å². The Morgan fingerprint density at radius 2 is 2.00 bits per heavy atom. The van der Waals surface area contributed by atoms with Crippen molar-refractivity contribution in [3.05, 3.63) is 29.8 Å². The molecule has 0 atom stereocenters. The van der Waals surface area contributed by atoms with Gasteiger partial charge in [-0.25, -0.2) is 0 Å². The lowest BCUT2D eigenvalue weighted by Gasteiger charge is -2.14. The molecule has 0 saturated carbocycles. The van der Waals surface area contributed by atoms with E-state index in [9.17, 15) is 4.79 Å². The molecule has 3 nitrogen and oxygen atoms in total. The van der Waals surface area contributed by atoms with Crippen molar-refractivity contribution in [2.75, 3.05) is 26.7 Å². The van der Waals surface area contributed by atoms with Crippen molar-refractivity contribution in [3.8, 4) is 5.75 Å². The topological polar surface area (TPSA) is 29.5 Å². The van der Waals surface area contributed by atoms with Crippen molar-refractivity contribution in [3.63, 3.8) is 0 Å². The smallest absolute Gasteiger partial charge is 0.180 e. The van der Waals surface area contributed by atoms with E-state index in [2.05, 4.69) is 0 Å². The van der Waals surface area contributed by atoms with Crippen molar-refractivity contribution in [1.82, 2.24) is 4.90 Å². The second kappa shape index (κ2) is 6.28. The Hall–Kier alpha value is -1.35. The third kappa shape index (κ3) is 3.35. The Kier molecular flexibility index (Phi) is 4.99. The molecule has 0 saturated heterocycles. The number of ketones is 1. The predicted octanol–water partition coefficient (Wildman–Crippen LogP) is 2.22. The summed E-state index contributed by atoms with van der Waals surface area (Å²) in [7, 11) is 1.93. The van der Waals surface area contributed by atoms with Crippen molar-refractivity contribution >= 4 is 5.78 Å². The van der Waals surface area contributed by atoms with Crippen LogP contribution in [0.4, 0.5) is 0 Å². The summed E-state index contributed by atoms with van der Waals surface area (Å²) in [5.41, 5.74) is 0.671. The summed E-state index contributed by atoms with van der Waals surface area (Å²) >= 11 is 0. The highest BCUT2D eigenvalue weighted by Crippen LogP contribution is 2.18. The fourth-order valence-electron chi connectivity index (χ4n) is 1.42. The van der Waals surface area contributed by atoms with Gasteiger partial charge >= 0.3 is 0 Å². The second-order valence-electron chi connectivity index (χ2n) is 3.68. The molecule has 1 aromatic carbocycles. The number of hydrogen-bond donors (Lipinski definition) is 0. The first-order valence-electron chi connectivity index (χ1n) is 5.62. The van der Waals surface area contributed by atoms with Gasteiger partial charge in [0.1, 0.15) is 5.75 Å². The average Bonchev–Trinajstić information content (AvgIpc) is 2.30. The molecule has 0 aliphatic rings. The lowest BCUT2D eigenvalue weighted by molar-refractivity contribution is 0.0945. The van der Waals surface area contributed by atoms with Crippen molar-refractivity contribution in [2.24, 2.45) is 0 Å². The highest BCUT2D eigenvalue weighted by molar-refractivity contribution is 6.00. The zero-order valence-corrected chi connectivity index (χ0v) is 10.2. The summed E-state index contributed by atoms with van der Waals surface area (Å²) in [4.78, 5) is 14.0. The SMILES string of the molecule is CCOc1ccccc1C(=O)CN(C)CC. The van der Waals surface area contributed by atoms with E-state index in [1.165, 1.54) is 0 Å². The Bertz CT molecular complexity index is 350. The number of nitrogens with zero attached hydrogens (tertiary/aromatic N) is 1. The average molecular weight is 221 g/mol. The van der Waals surface area contributed by atoms with Gasteiger partial charge in [0.15, 0.2) is 5.78 Å². The molecule has 0 fully saturated rings. The van der Waals surface area contributed by atoms with E-state index in [1.54, 1.807) is 0 Å². The molecule has 0 amide bonds. The van der Waals surface area contributed by atoms with Gasteiger partial charge < -0.3 is 4.74 Å². The standard InChI is InChI=1S/C13H19NO2/c1-4-14(3)10-12(15)11-8-6-7-9-13(11)16-5-2/h6-9H,4-5,10H2,1-3H3. The molecule has 0 aliphatic heterocycles. The first-order chi connectivity index (χ1) is 7.69. The van der Waals surface area contributed by atoms with Crippen molar-refractivity contribution < 1.29 is 9.53 Å². The Morgan fingerprint density at radius 3 is 2.62 bits per heavy atom. The summed E-state index contributed by atoms with van der Waals surface area (Å²) in [6.45, 7) is 5.82. The Labute approximate surface area is 97.0 Å². The normalized spacial score (nSPS) is 10.5. The van der Waals surface area contributed by atoms with E-state index < -0.39 is 0 Å². The fraction of sp³-hybridized carbons (Fsp3) is 0.462. The molecule has 16 heavy (non-hydrogen) atoms. The second-order valence-corrected chi connectivity index (χ2v) is 3.68. The number of para-hydroxylation sites is 1. The minimum Gasteiger partial charge on any atom is -0.493 e. The lowest BCUT2D eigenvalue weighted by atomic mass is 10.1. The van der Waals surface area contributed by atoms with Crippen LogP contribution < -0.4 is 4.74 Å². The van der Waals surface area contributed by atoms with Gasteiger partial charge in [-0.2, -0.15) is 0 Å². The molecular weight excluding hydrogens is 202 g/mol. The van der Waals surface area contributed by atoms with Crippen molar-refractivity contribution in [2.45, 2.75) is 13.8 Å². The number of likely N-dealkylation sites (N-methyl/N-ethyl adjacent to an activating group) is 1. The molecule has 0 unspecified atom stereocenters. The van der Waals surface area contributed by atoms with Crippen LogP contribution in [-0.4, -0.2) is 37.4 Å². The predicted molar refractivity (Wildman–Crippen MR) is 65.1 cm³/mol. The first-order valence-corrected chi connectivity index (χ1v) is 5.62. The van der Waals surface area contributed by atoms with Crippen LogP contribution in [0, 0.1) is 0 Å². The van der Waals surface area contributed by atoms with E-state index in [0.717, 1.165) is 6.54 Å². The van der Waals surface area contributed by atoms with Crippen LogP contribution in [-0.2, 0) is 0 Å². The summed E-state index contributed by atoms with van der Waals surface area (Å²) < 4.78 is 5.43. The number of carbonyl (C=O) groups excluding carboxylic acids is 1. The quantitative estimate of drug-likeness (QED) is 0.690. The zero-order valence-electron chi connectivity index (χ0n) is 10.2. The third-order valence-corrected chi connectivity index (χ3v) is 2.44. The Balaban J connectivity index is 2.81. The summed E-state index contributed by atoms with van der Waals surface area (Å²) in [6.07, 6.45) is 0. The van der Waals surface area contributed by atoms with Crippen LogP contribution in [0.15, 0.2) is 24.3 Å². The summed E-state index contributed by atoms with van der Waals surface area (Å²) in [6, 6.07) is 7.40. The molecule has 1 aromatic rings. The molecule has 0 radical (unpaired) electrons. The van der Waals surface area contributed by atoms with Gasteiger partial charge in [0, 0.05) is 0 Å². The third-order valence-electron chi connectivity index (χ3n) is 2.44. The van der Waals surface area contributed by atoms with Crippen LogP contribution in [0.5, 0.6) is 5.75 Å². The van der Waals surface area contributed by atoms with Gasteiger partial charge in [0.25, 0.3) is 0 Å². The largest absolute Gasteiger partial charge is 0.493 e. The van der Waals surface area contributed by atoms with Crippen LogP contribution >= 0.6 is 0 Å². The number of hydrogen-bond acceptors (Lipinski definition) is 3. The van der Waals surface area contributed by atoms with Crippen LogP contribution in [0.25, 0.3) is 0 Å². The maximum atomic E-state index is 12.0. The number of rotatable bonds is 6. The highest BCUT2D eigenvalue weighted by Gasteiger charge is 2.12. The van der Waals surface area contributed by atoms with Gasteiger partial charge in [-0.05, 0) is 32.6 Å². The minimum atomic E-state index is 0.105. The van der Waals surface area contributed by atoms with Gasteiger partial charge in [-0.3, -0.25) is 9.69 Å². The number of carbonyl (C=O) groups is 1. The van der Waals surface area contributed by atoms with Crippen LogP contribution in [0.3, 0.4) is 0 Å². The Morgan fingerprint density at radius 1 is 1.31 bits per heavy atom. The molecule has 0 aromatic heterocycles. The lowest BCUT2D eigenvalue weighted by Crippen LogP contribution is -2.25. The molecule has 3 heteroatoms. The first kappa shape index (κ1) is 12.7. The van der Waals surface area contributed by atoms with Gasteiger partial charge in [0.05, 0.1) is 18.7 Å². The maximum absolute atomic E-state index is 12.0. The van der Waals surface area contributed by atoms with E-state index in [1.807, 2.05) is 50.1 Å². The molecule has 0 N–H and O–H groups in total. The molecule has 0 bridgehead atoms. The fourth-order valence-corrected chi connectivity index (χ4v) is 1.42. The molecule has 0 heterocycles. The number of benzene rings is 1. The van der Waals surface area contributed by atoms with Crippen LogP contribution in [0.1, 0.15) is 24.2 Å². The van der Waals surface area contributed by atoms with Crippen LogP contribution in [0.2, 0.25) is 0 Å². The molecule has 88 valence electrons. The summed E-state index contributed by atoms with van der Waals surface area (Å²) in [5.74, 6) is 0.785. The van der Waals surface area contributed by atoms with E-state index in [-0.39, 0.29) is 5.78 Å². The molecule has 1 rings (SSSR count).